The summed E-state index contributed by atoms with van der Waals surface area (Å²) in [5.41, 5.74) is 14.1. The average molecular weight is 636 g/mol. The maximum atomic E-state index is 13.8. The molecule has 47 heavy (non-hydrogen) atoms. The number of hydrogen-bond donors (Lipinski definition) is 2. The molecule has 0 spiro atoms. The molecule has 13 heteroatoms. The Bertz CT molecular complexity index is 2100. The number of carbonyl (C=O) groups excluding carboxylic acids is 2. The van der Waals surface area contributed by atoms with Gasteiger partial charge >= 0.3 is 5.69 Å². The first-order valence-corrected chi connectivity index (χ1v) is 15.6. The third kappa shape index (κ3) is 5.58. The SMILES string of the molecule is CC(C)C(=O)N1CCC(c2cc(-c3ccc(-c4c(C(N)=O)c(=O)n(-c5ccccn5)c(=O)n4C(C)C)cc3)n3c(N)nnc3c2)CC1. The van der Waals surface area contributed by atoms with Crippen molar-refractivity contribution in [2.45, 2.75) is 52.5 Å². The first kappa shape index (κ1) is 31.4. The van der Waals surface area contributed by atoms with Gasteiger partial charge in [-0.15, -0.1) is 10.2 Å². The number of nitrogens with two attached hydrogens (primary N) is 2. The van der Waals surface area contributed by atoms with E-state index in [1.165, 1.54) is 16.8 Å². The van der Waals surface area contributed by atoms with Crippen molar-refractivity contribution in [2.75, 3.05) is 18.8 Å². The van der Waals surface area contributed by atoms with Gasteiger partial charge < -0.3 is 16.4 Å². The minimum atomic E-state index is -0.957. The highest BCUT2D eigenvalue weighted by Crippen LogP contribution is 2.34. The van der Waals surface area contributed by atoms with Crippen LogP contribution in [-0.4, -0.2) is 58.5 Å². The van der Waals surface area contributed by atoms with Crippen LogP contribution in [0.3, 0.4) is 0 Å². The first-order chi connectivity index (χ1) is 22.5. The van der Waals surface area contributed by atoms with Gasteiger partial charge in [-0.05, 0) is 73.6 Å². The van der Waals surface area contributed by atoms with Crippen molar-refractivity contribution in [1.29, 1.82) is 0 Å². The van der Waals surface area contributed by atoms with E-state index in [-0.39, 0.29) is 40.8 Å². The third-order valence-corrected chi connectivity index (χ3v) is 8.71. The molecule has 1 fully saturated rings. The lowest BCUT2D eigenvalue weighted by atomic mass is 9.88. The highest BCUT2D eigenvalue weighted by Gasteiger charge is 2.28. The molecule has 0 unspecified atom stereocenters. The van der Waals surface area contributed by atoms with Gasteiger partial charge in [-0.3, -0.25) is 23.4 Å². The number of benzene rings is 1. The van der Waals surface area contributed by atoms with Gasteiger partial charge in [-0.2, -0.15) is 0 Å². The molecule has 5 heterocycles. The van der Waals surface area contributed by atoms with Crippen molar-refractivity contribution < 1.29 is 9.59 Å². The van der Waals surface area contributed by atoms with E-state index in [1.807, 2.05) is 36.9 Å². The maximum Gasteiger partial charge on any atom is 0.337 e. The average Bonchev–Trinajstić information content (AvgIpc) is 3.44. The van der Waals surface area contributed by atoms with Gasteiger partial charge in [0.2, 0.25) is 11.9 Å². The Labute approximate surface area is 270 Å². The summed E-state index contributed by atoms with van der Waals surface area (Å²) in [6, 6.07) is 15.6. The lowest BCUT2D eigenvalue weighted by Crippen LogP contribution is -2.44. The van der Waals surface area contributed by atoms with E-state index in [2.05, 4.69) is 21.2 Å². The number of amides is 2. The summed E-state index contributed by atoms with van der Waals surface area (Å²) in [5.74, 6) is -0.290. The summed E-state index contributed by atoms with van der Waals surface area (Å²) in [7, 11) is 0. The molecule has 1 aliphatic rings. The second kappa shape index (κ2) is 12.3. The quantitative estimate of drug-likeness (QED) is 0.273. The fourth-order valence-electron chi connectivity index (χ4n) is 6.40. The van der Waals surface area contributed by atoms with Crippen LogP contribution in [0.5, 0.6) is 0 Å². The predicted molar refractivity (Wildman–Crippen MR) is 178 cm³/mol. The fraction of sp³-hybridized carbons (Fsp3) is 0.324. The van der Waals surface area contributed by atoms with Gasteiger partial charge in [0.15, 0.2) is 5.65 Å². The number of nitrogen functional groups attached to an aromatic ring is 1. The standard InChI is InChI=1S/C34H37N9O4/c1-19(2)31(45)40-15-12-21(13-16-40)24-17-25(42-27(18-24)38-39-33(42)36)22-8-10-23(11-9-22)29-28(30(35)44)32(46)43(26-7-5-6-14-37-26)34(47)41(29)20(3)4/h5-11,14,17-21H,12-13,15-16H2,1-4H3,(H2,35,44)(H2,36,39). The number of pyridine rings is 2. The molecule has 1 aromatic carbocycles. The largest absolute Gasteiger partial charge is 0.368 e. The fourth-order valence-corrected chi connectivity index (χ4v) is 6.40. The Morgan fingerprint density at radius 2 is 1.60 bits per heavy atom. The zero-order chi connectivity index (χ0) is 33.6. The minimum absolute atomic E-state index is 0.0384. The first-order valence-electron chi connectivity index (χ1n) is 15.6. The molecule has 0 atom stereocenters. The third-order valence-electron chi connectivity index (χ3n) is 8.71. The molecule has 0 aliphatic carbocycles. The van der Waals surface area contributed by atoms with Crippen LogP contribution in [0.4, 0.5) is 5.95 Å². The predicted octanol–water partition coefficient (Wildman–Crippen LogP) is 3.39. The number of hydrogen-bond acceptors (Lipinski definition) is 8. The van der Waals surface area contributed by atoms with Crippen LogP contribution in [0.2, 0.25) is 0 Å². The monoisotopic (exact) mass is 635 g/mol. The Balaban J connectivity index is 1.44. The smallest absolute Gasteiger partial charge is 0.337 e. The Morgan fingerprint density at radius 3 is 2.19 bits per heavy atom. The normalized spacial score (nSPS) is 14.0. The second-order valence-corrected chi connectivity index (χ2v) is 12.4. The Kier molecular flexibility index (Phi) is 8.22. The molecule has 5 aromatic rings. The van der Waals surface area contributed by atoms with E-state index >= 15 is 0 Å². The van der Waals surface area contributed by atoms with Crippen molar-refractivity contribution in [1.82, 2.24) is 33.6 Å². The zero-order valence-electron chi connectivity index (χ0n) is 26.8. The topological polar surface area (TPSA) is 176 Å². The highest BCUT2D eigenvalue weighted by molar-refractivity contribution is 5.98. The number of anilines is 1. The molecule has 0 bridgehead atoms. The van der Waals surface area contributed by atoms with Crippen LogP contribution in [0, 0.1) is 5.92 Å². The van der Waals surface area contributed by atoms with Crippen LogP contribution in [0.1, 0.15) is 68.4 Å². The molecule has 1 saturated heterocycles. The summed E-state index contributed by atoms with van der Waals surface area (Å²) in [6.07, 6.45) is 3.11. The van der Waals surface area contributed by atoms with Crippen LogP contribution in [0.15, 0.2) is 70.4 Å². The lowest BCUT2D eigenvalue weighted by molar-refractivity contribution is -0.135. The van der Waals surface area contributed by atoms with E-state index in [4.69, 9.17) is 11.5 Å². The van der Waals surface area contributed by atoms with Gasteiger partial charge in [0.05, 0.1) is 11.4 Å². The number of aromatic nitrogens is 6. The number of carbonyl (C=O) groups is 2. The number of nitrogens with zero attached hydrogens (tertiary/aromatic N) is 7. The molecule has 13 nitrogen and oxygen atoms in total. The summed E-state index contributed by atoms with van der Waals surface area (Å²) >= 11 is 0. The molecule has 2 amide bonds. The maximum absolute atomic E-state index is 13.8. The summed E-state index contributed by atoms with van der Waals surface area (Å²) in [6.45, 7) is 8.79. The van der Waals surface area contributed by atoms with Crippen LogP contribution >= 0.6 is 0 Å². The van der Waals surface area contributed by atoms with Gasteiger partial charge in [0.25, 0.3) is 11.5 Å². The summed E-state index contributed by atoms with van der Waals surface area (Å²) in [5, 5.41) is 8.41. The molecule has 6 rings (SSSR count). The molecule has 0 saturated carbocycles. The Hall–Kier alpha value is -5.59. The lowest BCUT2D eigenvalue weighted by Gasteiger charge is -2.33. The van der Waals surface area contributed by atoms with Crippen LogP contribution < -0.4 is 22.7 Å². The number of likely N-dealkylation sites (tertiary alicyclic amines) is 1. The zero-order valence-corrected chi connectivity index (χ0v) is 26.8. The number of primary amides is 1. The summed E-state index contributed by atoms with van der Waals surface area (Å²) in [4.78, 5) is 58.9. The molecule has 4 aromatic heterocycles. The molecule has 4 N–H and O–H groups in total. The van der Waals surface area contributed by atoms with E-state index in [9.17, 15) is 19.2 Å². The second-order valence-electron chi connectivity index (χ2n) is 12.4. The molecule has 1 aliphatic heterocycles. The van der Waals surface area contributed by atoms with Gasteiger partial charge in [-0.25, -0.2) is 14.3 Å². The van der Waals surface area contributed by atoms with E-state index in [0.29, 0.717) is 24.3 Å². The van der Waals surface area contributed by atoms with Crippen molar-refractivity contribution >= 4 is 23.4 Å². The van der Waals surface area contributed by atoms with E-state index in [1.54, 1.807) is 42.5 Å². The molecular formula is C34H37N9O4. The van der Waals surface area contributed by atoms with Crippen molar-refractivity contribution in [3.63, 3.8) is 0 Å². The summed E-state index contributed by atoms with van der Waals surface area (Å²) < 4.78 is 4.03. The number of rotatable bonds is 7. The molecular weight excluding hydrogens is 598 g/mol. The van der Waals surface area contributed by atoms with Crippen molar-refractivity contribution in [3.05, 3.63) is 92.8 Å². The number of fused-ring (bicyclic) bond motifs is 1. The van der Waals surface area contributed by atoms with Crippen LogP contribution in [-0.2, 0) is 4.79 Å². The van der Waals surface area contributed by atoms with Gasteiger partial charge in [0.1, 0.15) is 11.4 Å². The molecule has 0 radical (unpaired) electrons. The van der Waals surface area contributed by atoms with Crippen molar-refractivity contribution in [3.8, 4) is 28.3 Å². The minimum Gasteiger partial charge on any atom is -0.368 e. The number of piperidine rings is 1. The van der Waals surface area contributed by atoms with Crippen LogP contribution in [0.25, 0.3) is 34.0 Å². The Morgan fingerprint density at radius 1 is 0.915 bits per heavy atom. The van der Waals surface area contributed by atoms with Gasteiger partial charge in [0, 0.05) is 31.2 Å². The van der Waals surface area contributed by atoms with E-state index in [0.717, 1.165) is 34.2 Å². The van der Waals surface area contributed by atoms with Gasteiger partial charge in [-0.1, -0.05) is 44.2 Å². The van der Waals surface area contributed by atoms with Crippen molar-refractivity contribution in [2.24, 2.45) is 11.7 Å². The molecule has 242 valence electrons. The van der Waals surface area contributed by atoms with E-state index < -0.39 is 23.2 Å². The highest BCUT2D eigenvalue weighted by atomic mass is 16.2.